The maximum absolute atomic E-state index is 12.4. The summed E-state index contributed by atoms with van der Waals surface area (Å²) in [5, 5.41) is 1.87. The Bertz CT molecular complexity index is 484. The summed E-state index contributed by atoms with van der Waals surface area (Å²) in [7, 11) is -1.46. The maximum Gasteiger partial charge on any atom is 0.137 e. The molecule has 0 aromatic heterocycles. The van der Waals surface area contributed by atoms with Gasteiger partial charge in [-0.15, -0.1) is 0 Å². The molecule has 2 heteroatoms. The first-order chi connectivity index (χ1) is 7.70. The van der Waals surface area contributed by atoms with Crippen LogP contribution >= 0.6 is 7.80 Å². The minimum atomic E-state index is -1.46. The van der Waals surface area contributed by atoms with Gasteiger partial charge in [0.05, 0.1) is 0 Å². The van der Waals surface area contributed by atoms with Crippen molar-refractivity contribution in [2.75, 3.05) is 0 Å². The fraction of sp³-hybridized carbons (Fsp3) is 0.143. The molecule has 0 spiro atoms. The van der Waals surface area contributed by atoms with Crippen LogP contribution in [0, 0.1) is 13.8 Å². The van der Waals surface area contributed by atoms with Crippen molar-refractivity contribution in [2.45, 2.75) is 13.8 Å². The van der Waals surface area contributed by atoms with E-state index in [1.807, 2.05) is 62.4 Å². The van der Waals surface area contributed by atoms with Crippen LogP contribution in [0.1, 0.15) is 11.1 Å². The molecular weight excluding hydrogens is 215 g/mol. The molecule has 0 fully saturated rings. The lowest BCUT2D eigenvalue weighted by Crippen LogP contribution is -2.11. The molecule has 2 aromatic rings. The molecule has 0 bridgehead atoms. The third kappa shape index (κ3) is 2.05. The first kappa shape index (κ1) is 11.0. The molecule has 81 valence electrons. The second kappa shape index (κ2) is 4.59. The molecule has 2 aromatic carbocycles. The number of rotatable bonds is 2. The van der Waals surface area contributed by atoms with E-state index >= 15 is 0 Å². The third-order valence-corrected chi connectivity index (χ3v) is 4.55. The number of aryl methyl sites for hydroxylation is 2. The van der Waals surface area contributed by atoms with Gasteiger partial charge in [-0.05, 0) is 37.1 Å². The fourth-order valence-electron chi connectivity index (χ4n) is 1.71. The van der Waals surface area contributed by atoms with Gasteiger partial charge in [0.2, 0.25) is 0 Å². The normalized spacial score (nSPS) is 10.1. The van der Waals surface area contributed by atoms with E-state index in [0.717, 1.165) is 21.7 Å². The minimum absolute atomic E-state index is 0.937. The molecule has 0 unspecified atom stereocenters. The molecule has 0 amide bonds. The lowest BCUT2D eigenvalue weighted by molar-refractivity contribution is 0.598. The average Bonchev–Trinajstić information content (AvgIpc) is 2.29. The first-order valence-corrected chi connectivity index (χ1v) is 6.54. The van der Waals surface area contributed by atoms with Gasteiger partial charge in [-0.3, -0.25) is 4.57 Å². The van der Waals surface area contributed by atoms with Crippen molar-refractivity contribution in [3.8, 4) is 0 Å². The van der Waals surface area contributed by atoms with E-state index in [1.54, 1.807) is 0 Å². The van der Waals surface area contributed by atoms with Crippen LogP contribution in [0.3, 0.4) is 0 Å². The Morgan fingerprint density at radius 1 is 0.750 bits per heavy atom. The lowest BCUT2D eigenvalue weighted by atomic mass is 10.2. The predicted molar refractivity (Wildman–Crippen MR) is 69.2 cm³/mol. The highest BCUT2D eigenvalue weighted by Gasteiger charge is 2.11. The largest absolute Gasteiger partial charge is 0.277 e. The summed E-state index contributed by atoms with van der Waals surface area (Å²) in [4.78, 5) is 0. The Hall–Kier alpha value is -1.46. The van der Waals surface area contributed by atoms with Crippen LogP contribution in [0.15, 0.2) is 48.5 Å². The summed E-state index contributed by atoms with van der Waals surface area (Å²) < 4.78 is 12.4. The Labute approximate surface area is 96.9 Å². The molecular formula is C14H14OP. The van der Waals surface area contributed by atoms with Crippen molar-refractivity contribution in [2.24, 2.45) is 0 Å². The Kier molecular flexibility index (Phi) is 3.17. The summed E-state index contributed by atoms with van der Waals surface area (Å²) in [6.45, 7) is 4.00. The predicted octanol–water partition coefficient (Wildman–Crippen LogP) is 3.08. The smallest absolute Gasteiger partial charge is 0.137 e. The third-order valence-electron chi connectivity index (χ3n) is 2.67. The molecule has 0 saturated carbocycles. The lowest BCUT2D eigenvalue weighted by Gasteiger charge is -2.07. The van der Waals surface area contributed by atoms with Crippen LogP contribution in [-0.4, -0.2) is 0 Å². The Balaban J connectivity index is 2.48. The van der Waals surface area contributed by atoms with E-state index in [1.165, 1.54) is 0 Å². The van der Waals surface area contributed by atoms with Gasteiger partial charge in [0.25, 0.3) is 0 Å². The van der Waals surface area contributed by atoms with E-state index in [4.69, 9.17) is 0 Å². The SMILES string of the molecule is Cc1ccccc1[P](=O)c1ccccc1C. The van der Waals surface area contributed by atoms with Crippen LogP contribution in [0.2, 0.25) is 0 Å². The van der Waals surface area contributed by atoms with Crippen LogP contribution in [0.5, 0.6) is 0 Å². The molecule has 0 heterocycles. The number of hydrogen-bond acceptors (Lipinski definition) is 1. The summed E-state index contributed by atoms with van der Waals surface area (Å²) in [6.07, 6.45) is 0. The van der Waals surface area contributed by atoms with E-state index < -0.39 is 7.80 Å². The molecule has 1 nitrogen and oxygen atoms in total. The molecule has 2 rings (SSSR count). The molecule has 0 atom stereocenters. The molecule has 1 radical (unpaired) electrons. The van der Waals surface area contributed by atoms with Gasteiger partial charge >= 0.3 is 0 Å². The topological polar surface area (TPSA) is 17.1 Å². The number of hydrogen-bond donors (Lipinski definition) is 0. The second-order valence-corrected chi connectivity index (χ2v) is 5.42. The van der Waals surface area contributed by atoms with Gasteiger partial charge in [-0.1, -0.05) is 36.4 Å². The summed E-state index contributed by atoms with van der Waals surface area (Å²) in [5.74, 6) is 0. The van der Waals surface area contributed by atoms with Gasteiger partial charge in [0.1, 0.15) is 7.80 Å². The summed E-state index contributed by atoms with van der Waals surface area (Å²) in [6, 6.07) is 15.7. The fourth-order valence-corrected chi connectivity index (χ4v) is 3.20. The Morgan fingerprint density at radius 2 is 1.12 bits per heavy atom. The zero-order valence-corrected chi connectivity index (χ0v) is 10.4. The van der Waals surface area contributed by atoms with Crippen molar-refractivity contribution in [3.05, 3.63) is 59.7 Å². The van der Waals surface area contributed by atoms with E-state index in [2.05, 4.69) is 0 Å². The first-order valence-electron chi connectivity index (χ1n) is 5.28. The quantitative estimate of drug-likeness (QED) is 0.723. The van der Waals surface area contributed by atoms with E-state index in [-0.39, 0.29) is 0 Å². The highest BCUT2D eigenvalue weighted by Crippen LogP contribution is 2.22. The van der Waals surface area contributed by atoms with Crippen molar-refractivity contribution >= 4 is 18.4 Å². The summed E-state index contributed by atoms with van der Waals surface area (Å²) in [5.41, 5.74) is 2.18. The van der Waals surface area contributed by atoms with Gasteiger partial charge in [0.15, 0.2) is 0 Å². The van der Waals surface area contributed by atoms with Gasteiger partial charge in [-0.25, -0.2) is 0 Å². The van der Waals surface area contributed by atoms with Crippen molar-refractivity contribution in [1.82, 2.24) is 0 Å². The standard InChI is InChI=1S/C14H14OP/c1-11-7-3-5-9-13(11)16(15)14-10-6-4-8-12(14)2/h3-10H,1-2H3. The van der Waals surface area contributed by atoms with Crippen molar-refractivity contribution in [1.29, 1.82) is 0 Å². The molecule has 0 aliphatic carbocycles. The van der Waals surface area contributed by atoms with Crippen molar-refractivity contribution < 1.29 is 4.57 Å². The zero-order chi connectivity index (χ0) is 11.5. The molecule has 0 aliphatic rings. The van der Waals surface area contributed by atoms with Gasteiger partial charge in [-0.2, -0.15) is 0 Å². The van der Waals surface area contributed by atoms with Gasteiger partial charge in [0, 0.05) is 10.6 Å². The number of benzene rings is 2. The molecule has 0 N–H and O–H groups in total. The van der Waals surface area contributed by atoms with Crippen LogP contribution in [0.4, 0.5) is 0 Å². The van der Waals surface area contributed by atoms with Crippen LogP contribution in [0.25, 0.3) is 0 Å². The Morgan fingerprint density at radius 3 is 1.50 bits per heavy atom. The van der Waals surface area contributed by atoms with Crippen LogP contribution < -0.4 is 10.6 Å². The highest BCUT2D eigenvalue weighted by atomic mass is 31.1. The van der Waals surface area contributed by atoms with E-state index in [0.29, 0.717) is 0 Å². The highest BCUT2D eigenvalue weighted by molar-refractivity contribution is 7.61. The molecule has 0 aliphatic heterocycles. The average molecular weight is 229 g/mol. The van der Waals surface area contributed by atoms with Crippen molar-refractivity contribution in [3.63, 3.8) is 0 Å². The second-order valence-electron chi connectivity index (χ2n) is 3.87. The van der Waals surface area contributed by atoms with Gasteiger partial charge < -0.3 is 0 Å². The zero-order valence-electron chi connectivity index (χ0n) is 9.47. The van der Waals surface area contributed by atoms with E-state index in [9.17, 15) is 4.57 Å². The maximum atomic E-state index is 12.4. The summed E-state index contributed by atoms with van der Waals surface area (Å²) >= 11 is 0. The monoisotopic (exact) mass is 229 g/mol. The molecule has 0 saturated heterocycles. The minimum Gasteiger partial charge on any atom is -0.277 e. The molecule has 16 heavy (non-hydrogen) atoms. The van der Waals surface area contributed by atoms with Crippen LogP contribution in [-0.2, 0) is 4.57 Å².